The molecule has 0 aliphatic carbocycles. The number of hydrogen-bond donors (Lipinski definition) is 1. The Morgan fingerprint density at radius 1 is 1.69 bits per heavy atom. The molecule has 1 heterocycles. The molecule has 1 atom stereocenters. The summed E-state index contributed by atoms with van der Waals surface area (Å²) in [6.45, 7) is 2.03. The summed E-state index contributed by atoms with van der Waals surface area (Å²) >= 11 is 1.85. The maximum atomic E-state index is 5.63. The van der Waals surface area contributed by atoms with Crippen molar-refractivity contribution in [1.82, 2.24) is 15.0 Å². The molecule has 0 aliphatic rings. The molecule has 5 heteroatoms. The van der Waals surface area contributed by atoms with E-state index in [0.717, 1.165) is 23.6 Å². The van der Waals surface area contributed by atoms with E-state index in [0.29, 0.717) is 6.04 Å². The van der Waals surface area contributed by atoms with Crippen LogP contribution in [0.1, 0.15) is 19.0 Å². The lowest BCUT2D eigenvalue weighted by atomic mass is 10.3. The lowest BCUT2D eigenvalue weighted by Gasteiger charge is -2.02. The minimum absolute atomic E-state index is 0.300. The van der Waals surface area contributed by atoms with Gasteiger partial charge in [0.25, 0.3) is 0 Å². The van der Waals surface area contributed by atoms with Crippen LogP contribution in [0.5, 0.6) is 0 Å². The first-order valence-electron chi connectivity index (χ1n) is 4.37. The van der Waals surface area contributed by atoms with Crippen molar-refractivity contribution < 1.29 is 0 Å². The van der Waals surface area contributed by atoms with Gasteiger partial charge in [-0.15, -0.1) is 5.10 Å². The lowest BCUT2D eigenvalue weighted by Crippen LogP contribution is -2.15. The number of hydrogen-bond acceptors (Lipinski definition) is 4. The smallest absolute Gasteiger partial charge is 0.0925 e. The van der Waals surface area contributed by atoms with Gasteiger partial charge in [-0.3, -0.25) is 4.68 Å². The van der Waals surface area contributed by atoms with E-state index < -0.39 is 0 Å². The fraction of sp³-hybridized carbons (Fsp3) is 0.750. The van der Waals surface area contributed by atoms with Gasteiger partial charge >= 0.3 is 0 Å². The van der Waals surface area contributed by atoms with E-state index in [2.05, 4.69) is 10.3 Å². The Morgan fingerprint density at radius 3 is 3.00 bits per heavy atom. The largest absolute Gasteiger partial charge is 0.328 e. The second kappa shape index (κ2) is 5.24. The highest BCUT2D eigenvalue weighted by Gasteiger charge is 1.99. The summed E-state index contributed by atoms with van der Waals surface area (Å²) < 4.78 is 1.72. The summed E-state index contributed by atoms with van der Waals surface area (Å²) in [6, 6.07) is 0.300. The van der Waals surface area contributed by atoms with Crippen molar-refractivity contribution in [3.63, 3.8) is 0 Å². The maximum Gasteiger partial charge on any atom is 0.0925 e. The van der Waals surface area contributed by atoms with Crippen LogP contribution in [0.2, 0.25) is 0 Å². The average Bonchev–Trinajstić information content (AvgIpc) is 2.45. The Kier molecular flexibility index (Phi) is 4.24. The summed E-state index contributed by atoms with van der Waals surface area (Å²) in [6.07, 6.45) is 3.00. The molecule has 1 aromatic rings. The highest BCUT2D eigenvalue weighted by Crippen LogP contribution is 2.10. The van der Waals surface area contributed by atoms with Crippen molar-refractivity contribution in [3.8, 4) is 0 Å². The van der Waals surface area contributed by atoms with Gasteiger partial charge < -0.3 is 5.73 Å². The molecule has 0 bridgehead atoms. The fourth-order valence-electron chi connectivity index (χ4n) is 0.907. The van der Waals surface area contributed by atoms with Crippen LogP contribution in [0, 0.1) is 0 Å². The Morgan fingerprint density at radius 2 is 2.46 bits per heavy atom. The van der Waals surface area contributed by atoms with Gasteiger partial charge in [-0.1, -0.05) is 5.21 Å². The number of aromatic nitrogens is 3. The van der Waals surface area contributed by atoms with Crippen molar-refractivity contribution >= 4 is 11.8 Å². The second-order valence-corrected chi connectivity index (χ2v) is 4.31. The molecule has 1 aromatic heterocycles. The van der Waals surface area contributed by atoms with Crippen LogP contribution in [0.4, 0.5) is 0 Å². The molecule has 0 radical (unpaired) electrons. The zero-order valence-corrected chi connectivity index (χ0v) is 8.92. The van der Waals surface area contributed by atoms with Gasteiger partial charge in [-0.05, 0) is 19.1 Å². The quantitative estimate of drug-likeness (QED) is 0.714. The summed E-state index contributed by atoms with van der Waals surface area (Å²) in [7, 11) is 1.88. The monoisotopic (exact) mass is 200 g/mol. The number of rotatable bonds is 5. The van der Waals surface area contributed by atoms with E-state index in [4.69, 9.17) is 5.73 Å². The van der Waals surface area contributed by atoms with Crippen molar-refractivity contribution in [2.45, 2.75) is 25.1 Å². The van der Waals surface area contributed by atoms with E-state index in [1.165, 1.54) is 0 Å². The third kappa shape index (κ3) is 4.28. The highest BCUT2D eigenvalue weighted by molar-refractivity contribution is 7.98. The molecule has 13 heavy (non-hydrogen) atoms. The molecular formula is C8H16N4S. The van der Waals surface area contributed by atoms with Crippen LogP contribution >= 0.6 is 11.8 Å². The van der Waals surface area contributed by atoms with Gasteiger partial charge in [0.15, 0.2) is 0 Å². The standard InChI is InChI=1S/C8H16N4S/c1-7(9)3-4-13-6-8-5-12(2)11-10-8/h5,7H,3-4,6,9H2,1-2H3. The molecule has 0 saturated heterocycles. The van der Waals surface area contributed by atoms with Crippen molar-refractivity contribution in [2.24, 2.45) is 12.8 Å². The molecule has 0 saturated carbocycles. The summed E-state index contributed by atoms with van der Waals surface area (Å²) in [5, 5.41) is 7.85. The van der Waals surface area contributed by atoms with Crippen LogP contribution in [0.15, 0.2) is 6.20 Å². The van der Waals surface area contributed by atoms with Gasteiger partial charge in [0, 0.05) is 25.0 Å². The van der Waals surface area contributed by atoms with Gasteiger partial charge in [0.1, 0.15) is 0 Å². The molecule has 2 N–H and O–H groups in total. The van der Waals surface area contributed by atoms with Crippen LogP contribution in [0.3, 0.4) is 0 Å². The van der Waals surface area contributed by atoms with Crippen LogP contribution in [-0.2, 0) is 12.8 Å². The first kappa shape index (κ1) is 10.5. The van der Waals surface area contributed by atoms with E-state index in [1.807, 2.05) is 31.9 Å². The molecule has 0 amide bonds. The zero-order chi connectivity index (χ0) is 9.68. The molecule has 0 spiro atoms. The SMILES string of the molecule is CC(N)CCSCc1cn(C)nn1. The highest BCUT2D eigenvalue weighted by atomic mass is 32.2. The average molecular weight is 200 g/mol. The molecule has 0 aliphatic heterocycles. The first-order valence-corrected chi connectivity index (χ1v) is 5.52. The number of nitrogens with zero attached hydrogens (tertiary/aromatic N) is 3. The van der Waals surface area contributed by atoms with Gasteiger partial charge in [0.05, 0.1) is 5.69 Å². The molecule has 1 unspecified atom stereocenters. The maximum absolute atomic E-state index is 5.63. The van der Waals surface area contributed by atoms with E-state index in [9.17, 15) is 0 Å². The number of aryl methyl sites for hydroxylation is 1. The lowest BCUT2D eigenvalue weighted by molar-refractivity contribution is 0.714. The Bertz CT molecular complexity index is 246. The second-order valence-electron chi connectivity index (χ2n) is 3.20. The van der Waals surface area contributed by atoms with Crippen LogP contribution < -0.4 is 5.73 Å². The van der Waals surface area contributed by atoms with Crippen LogP contribution in [0.25, 0.3) is 0 Å². The molecule has 74 valence electrons. The zero-order valence-electron chi connectivity index (χ0n) is 8.10. The Balaban J connectivity index is 2.13. The van der Waals surface area contributed by atoms with Gasteiger partial charge in [-0.2, -0.15) is 11.8 Å². The van der Waals surface area contributed by atoms with Crippen molar-refractivity contribution in [3.05, 3.63) is 11.9 Å². The van der Waals surface area contributed by atoms with E-state index >= 15 is 0 Å². The molecule has 1 rings (SSSR count). The fourth-order valence-corrected chi connectivity index (χ4v) is 1.93. The van der Waals surface area contributed by atoms with Crippen LogP contribution in [-0.4, -0.2) is 26.8 Å². The van der Waals surface area contributed by atoms with Gasteiger partial charge in [-0.25, -0.2) is 0 Å². The third-order valence-electron chi connectivity index (χ3n) is 1.62. The van der Waals surface area contributed by atoms with Gasteiger partial charge in [0.2, 0.25) is 0 Å². The van der Waals surface area contributed by atoms with E-state index in [1.54, 1.807) is 4.68 Å². The molecule has 4 nitrogen and oxygen atoms in total. The Hall–Kier alpha value is -0.550. The van der Waals surface area contributed by atoms with Crippen molar-refractivity contribution in [1.29, 1.82) is 0 Å². The predicted octanol–water partition coefficient (Wildman–Crippen LogP) is 0.786. The van der Waals surface area contributed by atoms with E-state index in [-0.39, 0.29) is 0 Å². The normalized spacial score (nSPS) is 13.2. The first-order chi connectivity index (χ1) is 6.18. The Labute approximate surface area is 82.9 Å². The molecule has 0 fully saturated rings. The number of thioether (sulfide) groups is 1. The topological polar surface area (TPSA) is 56.7 Å². The number of nitrogens with two attached hydrogens (primary N) is 1. The predicted molar refractivity (Wildman–Crippen MR) is 55.4 cm³/mol. The minimum atomic E-state index is 0.300. The summed E-state index contributed by atoms with van der Waals surface area (Å²) in [5.74, 6) is 2.02. The minimum Gasteiger partial charge on any atom is -0.328 e. The third-order valence-corrected chi connectivity index (χ3v) is 2.64. The summed E-state index contributed by atoms with van der Waals surface area (Å²) in [4.78, 5) is 0. The summed E-state index contributed by atoms with van der Waals surface area (Å²) in [5.41, 5.74) is 6.67. The molecule has 0 aromatic carbocycles. The van der Waals surface area contributed by atoms with Crippen molar-refractivity contribution in [2.75, 3.05) is 5.75 Å². The molecular weight excluding hydrogens is 184 g/mol.